The number of rotatable bonds is 17. The Balaban J connectivity index is 1.34. The fraction of sp³-hybridized carbons (Fsp3) is 0.515. The summed E-state index contributed by atoms with van der Waals surface area (Å²) in [4.78, 5) is 8.68. The van der Waals surface area contributed by atoms with E-state index in [-0.39, 0.29) is 11.6 Å². The van der Waals surface area contributed by atoms with Crippen molar-refractivity contribution in [2.24, 2.45) is 5.41 Å². The summed E-state index contributed by atoms with van der Waals surface area (Å²) < 4.78 is 38.6. The molecule has 1 aliphatic rings. The molecule has 2 N–H and O–H groups in total. The van der Waals surface area contributed by atoms with Gasteiger partial charge in [0, 0.05) is 31.0 Å². The molecule has 1 fully saturated rings. The van der Waals surface area contributed by atoms with Crippen LogP contribution in [0.15, 0.2) is 42.4 Å². The van der Waals surface area contributed by atoms with Gasteiger partial charge in [-0.2, -0.15) is 0 Å². The third-order valence-corrected chi connectivity index (χ3v) is 7.92. The molecule has 0 spiro atoms. The molecule has 9 heteroatoms. The van der Waals surface area contributed by atoms with E-state index in [9.17, 15) is 0 Å². The summed E-state index contributed by atoms with van der Waals surface area (Å²) in [6.45, 7) is 8.60. The molecule has 0 bridgehead atoms. The molecule has 2 aromatic carbocycles. The van der Waals surface area contributed by atoms with Crippen LogP contribution in [0.4, 0.5) is 4.39 Å². The second-order valence-corrected chi connectivity index (χ2v) is 10.8. The van der Waals surface area contributed by atoms with E-state index >= 15 is 4.39 Å². The molecule has 3 aromatic rings. The quantitative estimate of drug-likeness (QED) is 0.167. The first-order valence-electron chi connectivity index (χ1n) is 15.1. The summed E-state index contributed by atoms with van der Waals surface area (Å²) in [6, 6.07) is 8.64. The van der Waals surface area contributed by atoms with Crippen molar-refractivity contribution in [1.82, 2.24) is 20.6 Å². The molecule has 1 saturated heterocycles. The highest BCUT2D eigenvalue weighted by molar-refractivity contribution is 5.87. The minimum absolute atomic E-state index is 0.0836. The average molecular weight is 581 g/mol. The predicted molar refractivity (Wildman–Crippen MR) is 165 cm³/mol. The average Bonchev–Trinajstić information content (AvgIpc) is 3.47. The molecule has 4 rings (SSSR count). The number of allylic oxidation sites excluding steroid dienone is 1. The number of fused-ring (bicyclic) bond motifs is 1. The second-order valence-electron chi connectivity index (χ2n) is 10.8. The molecule has 1 unspecified atom stereocenters. The van der Waals surface area contributed by atoms with Crippen LogP contribution in [0.3, 0.4) is 0 Å². The van der Waals surface area contributed by atoms with Gasteiger partial charge in [-0.15, -0.1) is 0 Å². The van der Waals surface area contributed by atoms with Crippen molar-refractivity contribution in [3.8, 4) is 23.1 Å². The van der Waals surface area contributed by atoms with Gasteiger partial charge in [-0.1, -0.05) is 32.4 Å². The van der Waals surface area contributed by atoms with Gasteiger partial charge in [0.05, 0.1) is 31.2 Å². The summed E-state index contributed by atoms with van der Waals surface area (Å²) in [7, 11) is 3.41. The van der Waals surface area contributed by atoms with Crippen molar-refractivity contribution in [2.75, 3.05) is 47.1 Å². The Bertz CT molecular complexity index is 1320. The van der Waals surface area contributed by atoms with Gasteiger partial charge < -0.3 is 29.6 Å². The maximum atomic E-state index is 15.3. The number of methoxy groups -OCH3 is 1. The minimum Gasteiger partial charge on any atom is -0.493 e. The van der Waals surface area contributed by atoms with Crippen molar-refractivity contribution in [3.63, 3.8) is 0 Å². The predicted octanol–water partition coefficient (Wildman–Crippen LogP) is 6.89. The first-order valence-corrected chi connectivity index (χ1v) is 15.1. The molecule has 0 saturated carbocycles. The summed E-state index contributed by atoms with van der Waals surface area (Å²) in [6.07, 6.45) is 10.7. The van der Waals surface area contributed by atoms with Crippen LogP contribution in [0.5, 0.6) is 23.1 Å². The first-order chi connectivity index (χ1) is 20.5. The summed E-state index contributed by atoms with van der Waals surface area (Å²) in [5, 5.41) is 7.27. The van der Waals surface area contributed by atoms with E-state index in [0.717, 1.165) is 51.3 Å². The molecule has 1 aliphatic heterocycles. The standard InChI is InChI=1S/C33H45FN4O4/c1-5-12-33(14-18-40-22-33)13-16-36-15-7-8-17-41-30-21-27-26(20-29(30)39-4)32(38-23-37-27)42-28-11-9-10-24(31(28)34)19-25(6-2)35-3/h9-11,19-21,23,35-36H,5-8,12-18,22H2,1-4H3/b25-19-. The molecule has 42 heavy (non-hydrogen) atoms. The zero-order chi connectivity index (χ0) is 29.8. The zero-order valence-corrected chi connectivity index (χ0v) is 25.4. The van der Waals surface area contributed by atoms with Gasteiger partial charge in [0.1, 0.15) is 6.33 Å². The van der Waals surface area contributed by atoms with Crippen LogP contribution < -0.4 is 24.8 Å². The van der Waals surface area contributed by atoms with Crippen LogP contribution in [0, 0.1) is 11.2 Å². The van der Waals surface area contributed by atoms with Crippen molar-refractivity contribution < 1.29 is 23.3 Å². The van der Waals surface area contributed by atoms with E-state index < -0.39 is 5.82 Å². The maximum absolute atomic E-state index is 15.3. The Hall–Kier alpha value is -3.43. The van der Waals surface area contributed by atoms with Crippen molar-refractivity contribution in [3.05, 3.63) is 53.7 Å². The normalized spacial score (nSPS) is 17.0. The molecule has 1 atom stereocenters. The summed E-state index contributed by atoms with van der Waals surface area (Å²) in [5.41, 5.74) is 2.34. The molecule has 8 nitrogen and oxygen atoms in total. The highest BCUT2D eigenvalue weighted by Gasteiger charge is 2.33. The number of unbranched alkanes of at least 4 members (excludes halogenated alkanes) is 1. The van der Waals surface area contributed by atoms with Crippen LogP contribution >= 0.6 is 0 Å². The van der Waals surface area contributed by atoms with Crippen LogP contribution in [0.2, 0.25) is 0 Å². The highest BCUT2D eigenvalue weighted by atomic mass is 19.1. The molecule has 0 radical (unpaired) electrons. The number of ether oxygens (including phenoxy) is 4. The number of hydrogen-bond donors (Lipinski definition) is 2. The third-order valence-electron chi connectivity index (χ3n) is 7.92. The van der Waals surface area contributed by atoms with Crippen molar-refractivity contribution >= 4 is 17.0 Å². The number of halogens is 1. The second kappa shape index (κ2) is 15.7. The van der Waals surface area contributed by atoms with Gasteiger partial charge in [0.15, 0.2) is 23.1 Å². The lowest BCUT2D eigenvalue weighted by Crippen LogP contribution is -2.28. The Morgan fingerprint density at radius 2 is 1.98 bits per heavy atom. The highest BCUT2D eigenvalue weighted by Crippen LogP contribution is 2.38. The molecule has 0 amide bonds. The minimum atomic E-state index is -0.458. The largest absolute Gasteiger partial charge is 0.493 e. The van der Waals surface area contributed by atoms with Crippen molar-refractivity contribution in [1.29, 1.82) is 0 Å². The fourth-order valence-electron chi connectivity index (χ4n) is 5.47. The monoisotopic (exact) mass is 580 g/mol. The van der Waals surface area contributed by atoms with Gasteiger partial charge in [0.2, 0.25) is 5.88 Å². The molecule has 0 aliphatic carbocycles. The maximum Gasteiger partial charge on any atom is 0.230 e. The molecule has 228 valence electrons. The molecular weight excluding hydrogens is 535 g/mol. The Morgan fingerprint density at radius 1 is 1.10 bits per heavy atom. The smallest absolute Gasteiger partial charge is 0.230 e. The van der Waals surface area contributed by atoms with Crippen LogP contribution in [-0.2, 0) is 4.74 Å². The van der Waals surface area contributed by atoms with E-state index in [0.29, 0.717) is 40.0 Å². The Morgan fingerprint density at radius 3 is 2.71 bits per heavy atom. The number of nitrogens with one attached hydrogen (secondary N) is 2. The number of benzene rings is 2. The SMILES string of the molecule is CCCC1(CCNCCCCOc2cc3ncnc(Oc4cccc(/C=C(/CC)NC)c4F)c3cc2OC)CCOC1. The Labute approximate surface area is 249 Å². The summed E-state index contributed by atoms with van der Waals surface area (Å²) in [5.74, 6) is 1.01. The fourth-order valence-corrected chi connectivity index (χ4v) is 5.47. The van der Waals surface area contributed by atoms with Crippen LogP contribution in [0.25, 0.3) is 17.0 Å². The van der Waals surface area contributed by atoms with Gasteiger partial charge >= 0.3 is 0 Å². The zero-order valence-electron chi connectivity index (χ0n) is 25.4. The van der Waals surface area contributed by atoms with E-state index in [1.54, 1.807) is 37.5 Å². The lowest BCUT2D eigenvalue weighted by atomic mass is 9.79. The topological polar surface area (TPSA) is 86.8 Å². The Kier molecular flexibility index (Phi) is 11.8. The summed E-state index contributed by atoms with van der Waals surface area (Å²) >= 11 is 0. The van der Waals surface area contributed by atoms with E-state index in [1.807, 2.05) is 20.0 Å². The molecular formula is C33H45FN4O4. The first kappa shape index (κ1) is 31.5. The van der Waals surface area contributed by atoms with E-state index in [1.165, 1.54) is 32.0 Å². The number of nitrogens with zero attached hydrogens (tertiary/aromatic N) is 2. The molecule has 2 heterocycles. The third kappa shape index (κ3) is 8.10. The number of aromatic nitrogens is 2. The van der Waals surface area contributed by atoms with Crippen molar-refractivity contribution in [2.45, 2.75) is 58.8 Å². The lowest BCUT2D eigenvalue weighted by molar-refractivity contribution is 0.138. The van der Waals surface area contributed by atoms with E-state index in [4.69, 9.17) is 18.9 Å². The van der Waals surface area contributed by atoms with Gasteiger partial charge in [-0.05, 0) is 75.2 Å². The molecule has 1 aromatic heterocycles. The van der Waals surface area contributed by atoms with Gasteiger partial charge in [0.25, 0.3) is 0 Å². The van der Waals surface area contributed by atoms with Gasteiger partial charge in [-0.25, -0.2) is 14.4 Å². The van der Waals surface area contributed by atoms with Crippen LogP contribution in [0.1, 0.15) is 64.4 Å². The van der Waals surface area contributed by atoms with E-state index in [2.05, 4.69) is 27.5 Å². The number of hydrogen-bond acceptors (Lipinski definition) is 8. The lowest BCUT2D eigenvalue weighted by Gasteiger charge is -2.27. The van der Waals surface area contributed by atoms with Crippen LogP contribution in [-0.4, -0.2) is 57.0 Å². The van der Waals surface area contributed by atoms with Gasteiger partial charge in [-0.3, -0.25) is 0 Å².